The van der Waals surface area contributed by atoms with Crippen LogP contribution in [0.15, 0.2) is 63.0 Å². The van der Waals surface area contributed by atoms with Gasteiger partial charge in [-0.1, -0.05) is 15.9 Å². The summed E-state index contributed by atoms with van der Waals surface area (Å²) in [4.78, 5) is 14.3. The molecule has 30 heavy (non-hydrogen) atoms. The van der Waals surface area contributed by atoms with Crippen molar-refractivity contribution in [2.24, 2.45) is 5.10 Å². The number of halogens is 1. The van der Waals surface area contributed by atoms with Gasteiger partial charge in [0.1, 0.15) is 5.75 Å². The van der Waals surface area contributed by atoms with E-state index in [1.165, 1.54) is 4.31 Å². The maximum atomic E-state index is 12.7. The molecule has 0 spiro atoms. The van der Waals surface area contributed by atoms with E-state index in [4.69, 9.17) is 4.74 Å². The van der Waals surface area contributed by atoms with Gasteiger partial charge in [-0.05, 0) is 54.1 Å². The summed E-state index contributed by atoms with van der Waals surface area (Å²) in [7, 11) is -1.93. The molecule has 2 aromatic rings. The molecular formula is C20H23BrN4O4S. The SMILES string of the molecule is COc1ccc(C=NNC(=O)CN2CCN(S(=O)(=O)c3ccc(Br)cc3)CC2)cc1. The predicted molar refractivity (Wildman–Crippen MR) is 118 cm³/mol. The average molecular weight is 495 g/mol. The van der Waals surface area contributed by atoms with Gasteiger partial charge in [0.25, 0.3) is 5.91 Å². The summed E-state index contributed by atoms with van der Waals surface area (Å²) >= 11 is 3.31. The van der Waals surface area contributed by atoms with Crippen molar-refractivity contribution in [2.45, 2.75) is 4.90 Å². The minimum absolute atomic E-state index is 0.159. The number of carbonyl (C=O) groups is 1. The molecule has 0 aromatic heterocycles. The minimum Gasteiger partial charge on any atom is -0.497 e. The van der Waals surface area contributed by atoms with E-state index < -0.39 is 10.0 Å². The number of sulfonamides is 1. The molecular weight excluding hydrogens is 472 g/mol. The number of carbonyl (C=O) groups excluding carboxylic acids is 1. The molecule has 3 rings (SSSR count). The molecule has 1 aliphatic rings. The quantitative estimate of drug-likeness (QED) is 0.468. The van der Waals surface area contributed by atoms with Crippen LogP contribution >= 0.6 is 15.9 Å². The first-order chi connectivity index (χ1) is 14.4. The first-order valence-electron chi connectivity index (χ1n) is 9.32. The first kappa shape index (κ1) is 22.4. The van der Waals surface area contributed by atoms with Crippen LogP contribution in [0, 0.1) is 0 Å². The lowest BCUT2D eigenvalue weighted by atomic mass is 10.2. The Morgan fingerprint density at radius 3 is 2.33 bits per heavy atom. The van der Waals surface area contributed by atoms with E-state index in [9.17, 15) is 13.2 Å². The highest BCUT2D eigenvalue weighted by molar-refractivity contribution is 9.10. The molecule has 2 aromatic carbocycles. The zero-order chi connectivity index (χ0) is 21.6. The Balaban J connectivity index is 1.46. The summed E-state index contributed by atoms with van der Waals surface area (Å²) in [6.07, 6.45) is 1.56. The molecule has 0 radical (unpaired) electrons. The van der Waals surface area contributed by atoms with Crippen molar-refractivity contribution in [1.82, 2.24) is 14.6 Å². The number of nitrogens with zero attached hydrogens (tertiary/aromatic N) is 3. The van der Waals surface area contributed by atoms with Crippen molar-refractivity contribution in [1.29, 1.82) is 0 Å². The summed E-state index contributed by atoms with van der Waals surface area (Å²) in [6.45, 7) is 1.78. The zero-order valence-electron chi connectivity index (χ0n) is 16.5. The van der Waals surface area contributed by atoms with E-state index in [0.717, 1.165) is 15.8 Å². The van der Waals surface area contributed by atoms with Crippen molar-refractivity contribution < 1.29 is 17.9 Å². The van der Waals surface area contributed by atoms with Crippen LogP contribution in [0.2, 0.25) is 0 Å². The lowest BCUT2D eigenvalue weighted by Crippen LogP contribution is -2.50. The largest absolute Gasteiger partial charge is 0.497 e. The highest BCUT2D eigenvalue weighted by atomic mass is 79.9. The molecule has 0 bridgehead atoms. The number of piperazine rings is 1. The lowest BCUT2D eigenvalue weighted by Gasteiger charge is -2.33. The highest BCUT2D eigenvalue weighted by Gasteiger charge is 2.28. The van der Waals surface area contributed by atoms with E-state index in [-0.39, 0.29) is 17.3 Å². The van der Waals surface area contributed by atoms with Crippen LogP contribution in [0.5, 0.6) is 5.75 Å². The molecule has 8 nitrogen and oxygen atoms in total. The summed E-state index contributed by atoms with van der Waals surface area (Å²) in [5.41, 5.74) is 3.34. The Bertz CT molecular complexity index is 986. The maximum Gasteiger partial charge on any atom is 0.254 e. The van der Waals surface area contributed by atoms with E-state index >= 15 is 0 Å². The lowest BCUT2D eigenvalue weighted by molar-refractivity contribution is -0.122. The van der Waals surface area contributed by atoms with Gasteiger partial charge in [-0.15, -0.1) is 0 Å². The normalized spacial score (nSPS) is 15.9. The number of amides is 1. The molecule has 0 unspecified atom stereocenters. The maximum absolute atomic E-state index is 12.7. The minimum atomic E-state index is -3.53. The summed E-state index contributed by atoms with van der Waals surface area (Å²) < 4.78 is 32.8. The molecule has 0 atom stereocenters. The van der Waals surface area contributed by atoms with Crippen molar-refractivity contribution >= 4 is 38.1 Å². The second-order valence-electron chi connectivity index (χ2n) is 6.70. The van der Waals surface area contributed by atoms with Crippen molar-refractivity contribution in [3.63, 3.8) is 0 Å². The first-order valence-corrected chi connectivity index (χ1v) is 11.6. The standard InChI is InChI=1S/C20H23BrN4O4S/c1-29-18-6-2-16(3-7-18)14-22-23-20(26)15-24-10-12-25(13-11-24)30(27,28)19-8-4-17(21)5-9-19/h2-9,14H,10-13,15H2,1H3,(H,23,26). The number of hydrogen-bond acceptors (Lipinski definition) is 6. The molecule has 1 heterocycles. The van der Waals surface area contributed by atoms with Gasteiger partial charge in [-0.2, -0.15) is 9.41 Å². The molecule has 10 heteroatoms. The third kappa shape index (κ3) is 5.88. The number of methoxy groups -OCH3 is 1. The van der Waals surface area contributed by atoms with Crippen LogP contribution in [0.3, 0.4) is 0 Å². The van der Waals surface area contributed by atoms with Gasteiger partial charge in [-0.25, -0.2) is 13.8 Å². The van der Waals surface area contributed by atoms with Crippen LogP contribution in [0.25, 0.3) is 0 Å². The summed E-state index contributed by atoms with van der Waals surface area (Å²) in [5.74, 6) is 0.501. The molecule has 1 N–H and O–H groups in total. The number of nitrogens with one attached hydrogen (secondary N) is 1. The van der Waals surface area contributed by atoms with Crippen LogP contribution in [-0.2, 0) is 14.8 Å². The zero-order valence-corrected chi connectivity index (χ0v) is 18.9. The molecule has 1 fully saturated rings. The van der Waals surface area contributed by atoms with Gasteiger partial charge < -0.3 is 4.74 Å². The monoisotopic (exact) mass is 494 g/mol. The Kier molecular flexibility index (Phi) is 7.59. The molecule has 1 amide bonds. The van der Waals surface area contributed by atoms with Gasteiger partial charge in [0.2, 0.25) is 10.0 Å². The fourth-order valence-corrected chi connectivity index (χ4v) is 4.68. The third-order valence-electron chi connectivity index (χ3n) is 4.67. The fourth-order valence-electron chi connectivity index (χ4n) is 2.99. The topological polar surface area (TPSA) is 91.3 Å². The van der Waals surface area contributed by atoms with Crippen LogP contribution in [0.1, 0.15) is 5.56 Å². The van der Waals surface area contributed by atoms with Gasteiger partial charge in [0, 0.05) is 30.7 Å². The van der Waals surface area contributed by atoms with E-state index in [1.54, 1.807) is 37.6 Å². The Labute approximate surface area is 184 Å². The van der Waals surface area contributed by atoms with Gasteiger partial charge in [0.05, 0.1) is 24.8 Å². The second kappa shape index (κ2) is 10.2. The molecule has 0 saturated carbocycles. The van der Waals surface area contributed by atoms with E-state index in [1.807, 2.05) is 29.2 Å². The highest BCUT2D eigenvalue weighted by Crippen LogP contribution is 2.20. The van der Waals surface area contributed by atoms with Gasteiger partial charge in [0.15, 0.2) is 0 Å². The molecule has 0 aliphatic carbocycles. The van der Waals surface area contributed by atoms with E-state index in [2.05, 4.69) is 26.5 Å². The molecule has 1 aliphatic heterocycles. The van der Waals surface area contributed by atoms with Gasteiger partial charge >= 0.3 is 0 Å². The average Bonchev–Trinajstić information content (AvgIpc) is 2.75. The Morgan fingerprint density at radius 1 is 1.10 bits per heavy atom. The number of ether oxygens (including phenoxy) is 1. The fraction of sp³-hybridized carbons (Fsp3) is 0.300. The van der Waals surface area contributed by atoms with Crippen LogP contribution < -0.4 is 10.2 Å². The van der Waals surface area contributed by atoms with E-state index in [0.29, 0.717) is 26.2 Å². The number of hydrazone groups is 1. The van der Waals surface area contributed by atoms with Gasteiger partial charge in [-0.3, -0.25) is 9.69 Å². The Morgan fingerprint density at radius 2 is 1.73 bits per heavy atom. The molecule has 1 saturated heterocycles. The van der Waals surface area contributed by atoms with Crippen molar-refractivity contribution in [3.05, 3.63) is 58.6 Å². The smallest absolute Gasteiger partial charge is 0.254 e. The summed E-state index contributed by atoms with van der Waals surface area (Å²) in [6, 6.07) is 13.9. The predicted octanol–water partition coefficient (Wildman–Crippen LogP) is 1.91. The van der Waals surface area contributed by atoms with Crippen molar-refractivity contribution in [2.75, 3.05) is 39.8 Å². The third-order valence-corrected chi connectivity index (χ3v) is 7.11. The van der Waals surface area contributed by atoms with Crippen LogP contribution in [0.4, 0.5) is 0 Å². The Hall–Kier alpha value is -2.27. The second-order valence-corrected chi connectivity index (χ2v) is 9.55. The molecule has 160 valence electrons. The number of benzene rings is 2. The summed E-state index contributed by atoms with van der Waals surface area (Å²) in [5, 5.41) is 3.96. The van der Waals surface area contributed by atoms with Crippen LogP contribution in [-0.4, -0.2) is 69.6 Å². The number of hydrogen-bond donors (Lipinski definition) is 1. The number of rotatable bonds is 7. The van der Waals surface area contributed by atoms with Crippen molar-refractivity contribution in [3.8, 4) is 5.75 Å².